The number of likely N-dealkylation sites (tertiary alicyclic amines) is 1. The van der Waals surface area contributed by atoms with Gasteiger partial charge in [0.15, 0.2) is 0 Å². The average Bonchev–Trinajstić information content (AvgIpc) is 3.17. The third-order valence-electron chi connectivity index (χ3n) is 5.57. The summed E-state index contributed by atoms with van der Waals surface area (Å²) in [4.78, 5) is 61.8. The van der Waals surface area contributed by atoms with E-state index in [4.69, 9.17) is 10.8 Å². The van der Waals surface area contributed by atoms with Crippen molar-refractivity contribution in [2.75, 3.05) is 6.54 Å². The van der Waals surface area contributed by atoms with Crippen molar-refractivity contribution in [3.8, 4) is 0 Å². The summed E-state index contributed by atoms with van der Waals surface area (Å²) in [5.74, 6) is -4.81. The van der Waals surface area contributed by atoms with E-state index in [0.717, 1.165) is 0 Å². The predicted molar refractivity (Wildman–Crippen MR) is 111 cm³/mol. The van der Waals surface area contributed by atoms with Crippen molar-refractivity contribution in [2.45, 2.75) is 77.5 Å². The molecular formula is C20H34N4O7. The average molecular weight is 443 g/mol. The SMILES string of the molecule is CCC(C)C(NC(=O)C1CCCN1C(=O)C(N)CC(=O)O)C(=O)NC(C(=O)O)C(C)C. The lowest BCUT2D eigenvalue weighted by atomic mass is 9.96. The first-order valence-corrected chi connectivity index (χ1v) is 10.5. The Kier molecular flexibility index (Phi) is 9.89. The third-order valence-corrected chi connectivity index (χ3v) is 5.57. The second kappa shape index (κ2) is 11.6. The minimum absolute atomic E-state index is 0.263. The molecule has 1 rings (SSSR count). The fraction of sp³-hybridized carbons (Fsp3) is 0.750. The third kappa shape index (κ3) is 7.20. The van der Waals surface area contributed by atoms with Crippen molar-refractivity contribution in [2.24, 2.45) is 17.6 Å². The molecule has 6 N–H and O–H groups in total. The Morgan fingerprint density at radius 3 is 2.16 bits per heavy atom. The molecule has 0 aromatic heterocycles. The number of aliphatic carboxylic acids is 2. The van der Waals surface area contributed by atoms with E-state index in [1.807, 2.05) is 6.92 Å². The highest BCUT2D eigenvalue weighted by Crippen LogP contribution is 2.20. The molecule has 0 spiro atoms. The van der Waals surface area contributed by atoms with E-state index in [-0.39, 0.29) is 18.4 Å². The fourth-order valence-corrected chi connectivity index (χ4v) is 3.50. The van der Waals surface area contributed by atoms with E-state index in [0.29, 0.717) is 19.3 Å². The van der Waals surface area contributed by atoms with Gasteiger partial charge >= 0.3 is 11.9 Å². The van der Waals surface area contributed by atoms with E-state index in [2.05, 4.69) is 10.6 Å². The topological polar surface area (TPSA) is 179 Å². The molecule has 0 aliphatic carbocycles. The second-order valence-electron chi connectivity index (χ2n) is 8.33. The summed E-state index contributed by atoms with van der Waals surface area (Å²) in [7, 11) is 0. The van der Waals surface area contributed by atoms with Crippen molar-refractivity contribution in [3.63, 3.8) is 0 Å². The number of hydrogen-bond donors (Lipinski definition) is 5. The van der Waals surface area contributed by atoms with Crippen LogP contribution in [0.15, 0.2) is 0 Å². The van der Waals surface area contributed by atoms with Gasteiger partial charge in [0.25, 0.3) is 0 Å². The number of carboxylic acid groups (broad SMARTS) is 2. The summed E-state index contributed by atoms with van der Waals surface area (Å²) in [6, 6.07) is -4.22. The monoisotopic (exact) mass is 442 g/mol. The number of hydrogen-bond acceptors (Lipinski definition) is 6. The molecule has 1 fully saturated rings. The Morgan fingerprint density at radius 1 is 1.06 bits per heavy atom. The van der Waals surface area contributed by atoms with Gasteiger partial charge in [0, 0.05) is 6.54 Å². The quantitative estimate of drug-likeness (QED) is 0.285. The fourth-order valence-electron chi connectivity index (χ4n) is 3.50. The summed E-state index contributed by atoms with van der Waals surface area (Å²) < 4.78 is 0. The first-order valence-electron chi connectivity index (χ1n) is 10.5. The first kappa shape index (κ1) is 26.3. The van der Waals surface area contributed by atoms with Crippen LogP contribution in [0.2, 0.25) is 0 Å². The van der Waals surface area contributed by atoms with Crippen LogP contribution in [0.25, 0.3) is 0 Å². The number of carbonyl (C=O) groups excluding carboxylic acids is 3. The van der Waals surface area contributed by atoms with Gasteiger partial charge in [-0.3, -0.25) is 19.2 Å². The smallest absolute Gasteiger partial charge is 0.326 e. The molecule has 0 aromatic rings. The summed E-state index contributed by atoms with van der Waals surface area (Å²) in [6.07, 6.45) is 0.899. The number of amides is 3. The minimum atomic E-state index is -1.26. The molecule has 1 aliphatic rings. The van der Waals surface area contributed by atoms with Gasteiger partial charge in [-0.1, -0.05) is 34.1 Å². The molecule has 1 heterocycles. The lowest BCUT2D eigenvalue weighted by Crippen LogP contribution is -2.58. The lowest BCUT2D eigenvalue weighted by molar-refractivity contribution is -0.145. The van der Waals surface area contributed by atoms with Crippen LogP contribution in [0.4, 0.5) is 0 Å². The molecule has 31 heavy (non-hydrogen) atoms. The van der Waals surface area contributed by atoms with Gasteiger partial charge in [0.2, 0.25) is 17.7 Å². The predicted octanol–water partition coefficient (Wildman–Crippen LogP) is -0.464. The molecule has 5 unspecified atom stereocenters. The number of nitrogens with zero attached hydrogens (tertiary/aromatic N) is 1. The van der Waals surface area contributed by atoms with E-state index in [9.17, 15) is 29.1 Å². The maximum Gasteiger partial charge on any atom is 0.326 e. The minimum Gasteiger partial charge on any atom is -0.481 e. The molecule has 11 nitrogen and oxygen atoms in total. The maximum absolute atomic E-state index is 12.9. The van der Waals surface area contributed by atoms with Gasteiger partial charge < -0.3 is 31.5 Å². The number of rotatable bonds is 11. The van der Waals surface area contributed by atoms with Crippen molar-refractivity contribution in [3.05, 3.63) is 0 Å². The molecule has 3 amide bonds. The molecule has 1 aliphatic heterocycles. The largest absolute Gasteiger partial charge is 0.481 e. The van der Waals surface area contributed by atoms with Crippen LogP contribution in [0.5, 0.6) is 0 Å². The summed E-state index contributed by atoms with van der Waals surface area (Å²) >= 11 is 0. The Labute approximate surface area is 181 Å². The number of carboxylic acids is 2. The van der Waals surface area contributed by atoms with Gasteiger partial charge in [-0.15, -0.1) is 0 Å². The van der Waals surface area contributed by atoms with Crippen molar-refractivity contribution < 1.29 is 34.2 Å². The van der Waals surface area contributed by atoms with E-state index >= 15 is 0 Å². The van der Waals surface area contributed by atoms with Crippen molar-refractivity contribution >= 4 is 29.7 Å². The molecule has 0 radical (unpaired) electrons. The van der Waals surface area contributed by atoms with Gasteiger partial charge in [0.05, 0.1) is 12.5 Å². The molecule has 11 heteroatoms. The summed E-state index contributed by atoms with van der Waals surface area (Å²) in [6.45, 7) is 7.19. The summed E-state index contributed by atoms with van der Waals surface area (Å²) in [5.41, 5.74) is 5.67. The summed E-state index contributed by atoms with van der Waals surface area (Å²) in [5, 5.41) is 23.3. The van der Waals surface area contributed by atoms with E-state index in [1.54, 1.807) is 20.8 Å². The Balaban J connectivity index is 2.95. The molecule has 5 atom stereocenters. The van der Waals surface area contributed by atoms with Crippen molar-refractivity contribution in [1.29, 1.82) is 0 Å². The number of carbonyl (C=O) groups is 5. The highest BCUT2D eigenvalue weighted by molar-refractivity contribution is 5.95. The first-order chi connectivity index (χ1) is 14.4. The lowest BCUT2D eigenvalue weighted by Gasteiger charge is -2.30. The highest BCUT2D eigenvalue weighted by atomic mass is 16.4. The second-order valence-corrected chi connectivity index (χ2v) is 8.33. The Hall–Kier alpha value is -2.69. The number of nitrogens with two attached hydrogens (primary N) is 1. The van der Waals surface area contributed by atoms with Crippen LogP contribution in [0, 0.1) is 11.8 Å². The zero-order valence-corrected chi connectivity index (χ0v) is 18.5. The maximum atomic E-state index is 12.9. The van der Waals surface area contributed by atoms with Gasteiger partial charge in [0.1, 0.15) is 18.1 Å². The van der Waals surface area contributed by atoms with Gasteiger partial charge in [-0.05, 0) is 24.7 Å². The van der Waals surface area contributed by atoms with E-state index < -0.39 is 60.2 Å². The van der Waals surface area contributed by atoms with Gasteiger partial charge in [-0.2, -0.15) is 0 Å². The standard InChI is InChI=1S/C20H34N4O7/c1-5-11(4)16(18(28)22-15(10(2)3)20(30)31)23-17(27)13-7-6-8-24(13)19(29)12(21)9-14(25)26/h10-13,15-16H,5-9,21H2,1-4H3,(H,22,28)(H,23,27)(H,25,26)(H,30,31). The molecule has 0 saturated carbocycles. The Morgan fingerprint density at radius 2 is 1.68 bits per heavy atom. The molecule has 176 valence electrons. The van der Waals surface area contributed by atoms with Crippen LogP contribution in [0.3, 0.4) is 0 Å². The van der Waals surface area contributed by atoms with Gasteiger partial charge in [-0.25, -0.2) is 4.79 Å². The van der Waals surface area contributed by atoms with Crippen LogP contribution >= 0.6 is 0 Å². The zero-order valence-electron chi connectivity index (χ0n) is 18.5. The molecule has 1 saturated heterocycles. The van der Waals surface area contributed by atoms with Crippen LogP contribution < -0.4 is 16.4 Å². The zero-order chi connectivity index (χ0) is 23.9. The Bertz CT molecular complexity index is 697. The van der Waals surface area contributed by atoms with Crippen LogP contribution in [0.1, 0.15) is 53.4 Å². The highest BCUT2D eigenvalue weighted by Gasteiger charge is 2.39. The van der Waals surface area contributed by atoms with Crippen molar-refractivity contribution in [1.82, 2.24) is 15.5 Å². The van der Waals surface area contributed by atoms with E-state index in [1.165, 1.54) is 4.90 Å². The molecule has 0 aromatic carbocycles. The molecular weight excluding hydrogens is 408 g/mol. The van der Waals surface area contributed by atoms with Crippen LogP contribution in [-0.4, -0.2) is 75.5 Å². The molecule has 0 bridgehead atoms. The van der Waals surface area contributed by atoms with Crippen LogP contribution in [-0.2, 0) is 24.0 Å². The number of nitrogens with one attached hydrogen (secondary N) is 2. The normalized spacial score (nSPS) is 19.9.